The lowest BCUT2D eigenvalue weighted by Gasteiger charge is -2.53. The summed E-state index contributed by atoms with van der Waals surface area (Å²) in [5.41, 5.74) is 1.93. The van der Waals surface area contributed by atoms with Gasteiger partial charge in [-0.3, -0.25) is 4.79 Å². The third kappa shape index (κ3) is 2.65. The molecule has 23 heavy (non-hydrogen) atoms. The average Bonchev–Trinajstić information content (AvgIpc) is 2.79. The van der Waals surface area contributed by atoms with E-state index in [-0.39, 0.29) is 0 Å². The van der Waals surface area contributed by atoms with Crippen molar-refractivity contribution in [3.05, 3.63) is 24.3 Å². The summed E-state index contributed by atoms with van der Waals surface area (Å²) in [6.45, 7) is 11.4. The van der Waals surface area contributed by atoms with Crippen molar-refractivity contribution < 1.29 is 4.79 Å². The number of allylic oxidation sites excluding steroid dienone is 3. The van der Waals surface area contributed by atoms with E-state index in [1.807, 2.05) is 6.08 Å². The predicted molar refractivity (Wildman–Crippen MR) is 97.1 cm³/mol. The van der Waals surface area contributed by atoms with Crippen LogP contribution in [0, 0.1) is 40.9 Å². The van der Waals surface area contributed by atoms with Gasteiger partial charge in [-0.05, 0) is 85.5 Å². The summed E-state index contributed by atoms with van der Waals surface area (Å²) in [7, 11) is 0. The molecule has 1 nitrogen and oxygen atoms in total. The van der Waals surface area contributed by atoms with Crippen molar-refractivity contribution in [2.24, 2.45) is 40.9 Å². The van der Waals surface area contributed by atoms with Gasteiger partial charge in [-0.25, -0.2) is 0 Å². The second-order valence-electron chi connectivity index (χ2n) is 8.76. The first-order valence-electron chi connectivity index (χ1n) is 9.83. The molecular weight excluding hydrogens is 280 g/mol. The van der Waals surface area contributed by atoms with Crippen molar-refractivity contribution in [1.82, 2.24) is 0 Å². The molecule has 3 aliphatic carbocycles. The highest BCUT2D eigenvalue weighted by atomic mass is 16.1. The molecule has 0 aromatic heterocycles. The second kappa shape index (κ2) is 6.57. The normalized spacial score (nSPS) is 47.9. The number of carbonyl (C=O) groups excluding carboxylic acids is 1. The van der Waals surface area contributed by atoms with Gasteiger partial charge in [0.1, 0.15) is 6.29 Å². The van der Waals surface area contributed by atoms with Crippen molar-refractivity contribution >= 4 is 6.29 Å². The van der Waals surface area contributed by atoms with Gasteiger partial charge in [0.05, 0.1) is 0 Å². The molecule has 0 aromatic carbocycles. The first kappa shape index (κ1) is 17.0. The molecule has 7 atom stereocenters. The van der Waals surface area contributed by atoms with Gasteiger partial charge in [-0.2, -0.15) is 0 Å². The monoisotopic (exact) mass is 314 g/mol. The van der Waals surface area contributed by atoms with Gasteiger partial charge in [0.2, 0.25) is 0 Å². The highest BCUT2D eigenvalue weighted by Gasteiger charge is 2.57. The fourth-order valence-electron chi connectivity index (χ4n) is 6.93. The Morgan fingerprint density at radius 3 is 2.74 bits per heavy atom. The van der Waals surface area contributed by atoms with E-state index in [2.05, 4.69) is 33.4 Å². The molecule has 0 N–H and O–H groups in total. The molecule has 0 spiro atoms. The lowest BCUT2D eigenvalue weighted by molar-refractivity contribution is -0.104. The topological polar surface area (TPSA) is 17.1 Å². The van der Waals surface area contributed by atoms with Crippen LogP contribution in [0.2, 0.25) is 0 Å². The average molecular weight is 315 g/mol. The van der Waals surface area contributed by atoms with E-state index in [1.54, 1.807) is 0 Å². The van der Waals surface area contributed by atoms with Crippen LogP contribution in [0.3, 0.4) is 0 Å². The summed E-state index contributed by atoms with van der Waals surface area (Å²) in [6, 6.07) is 0. The van der Waals surface area contributed by atoms with Crippen LogP contribution in [0.5, 0.6) is 0 Å². The zero-order valence-electron chi connectivity index (χ0n) is 15.3. The highest BCUT2D eigenvalue weighted by molar-refractivity contribution is 5.66. The van der Waals surface area contributed by atoms with Crippen LogP contribution < -0.4 is 0 Å². The van der Waals surface area contributed by atoms with Crippen LogP contribution in [0.4, 0.5) is 0 Å². The van der Waals surface area contributed by atoms with Gasteiger partial charge in [0.15, 0.2) is 0 Å². The molecule has 0 heterocycles. The zero-order valence-corrected chi connectivity index (χ0v) is 15.3. The van der Waals surface area contributed by atoms with Gasteiger partial charge in [0.25, 0.3) is 0 Å². The first-order valence-corrected chi connectivity index (χ1v) is 9.83. The molecule has 6 unspecified atom stereocenters. The minimum atomic E-state index is 0.477. The number of hydrogen-bond acceptors (Lipinski definition) is 1. The van der Waals surface area contributed by atoms with Crippen LogP contribution in [0.25, 0.3) is 0 Å². The van der Waals surface area contributed by atoms with E-state index < -0.39 is 0 Å². The van der Waals surface area contributed by atoms with Crippen molar-refractivity contribution in [2.45, 2.75) is 65.7 Å². The quantitative estimate of drug-likeness (QED) is 0.363. The molecule has 128 valence electrons. The Kier molecular flexibility index (Phi) is 4.85. The summed E-state index contributed by atoms with van der Waals surface area (Å²) < 4.78 is 0. The number of carbonyl (C=O) groups is 1. The smallest absolute Gasteiger partial charge is 0.142 e. The maximum absolute atomic E-state index is 11.1. The lowest BCUT2D eigenvalue weighted by Crippen LogP contribution is -2.45. The molecule has 0 aliphatic heterocycles. The third-order valence-electron chi connectivity index (χ3n) is 7.83. The van der Waals surface area contributed by atoms with Crippen LogP contribution in [0.1, 0.15) is 65.7 Å². The van der Waals surface area contributed by atoms with E-state index in [0.29, 0.717) is 17.3 Å². The van der Waals surface area contributed by atoms with Crippen LogP contribution >= 0.6 is 0 Å². The Bertz CT molecular complexity index is 490. The lowest BCUT2D eigenvalue weighted by atomic mass is 9.52. The van der Waals surface area contributed by atoms with Crippen LogP contribution in [-0.2, 0) is 4.79 Å². The summed E-state index contributed by atoms with van der Waals surface area (Å²) in [6.07, 6.45) is 14.2. The van der Waals surface area contributed by atoms with Gasteiger partial charge < -0.3 is 0 Å². The molecule has 3 aliphatic rings. The fraction of sp³-hybridized carbons (Fsp3) is 0.773. The van der Waals surface area contributed by atoms with E-state index in [9.17, 15) is 4.79 Å². The molecule has 0 saturated heterocycles. The molecule has 1 heteroatoms. The number of rotatable bonds is 4. The molecule has 0 aromatic rings. The van der Waals surface area contributed by atoms with Crippen LogP contribution in [-0.4, -0.2) is 6.29 Å². The summed E-state index contributed by atoms with van der Waals surface area (Å²) in [4.78, 5) is 11.1. The Balaban J connectivity index is 1.89. The summed E-state index contributed by atoms with van der Waals surface area (Å²) in [5.74, 6) is 4.73. The van der Waals surface area contributed by atoms with Crippen molar-refractivity contribution in [3.8, 4) is 0 Å². The minimum absolute atomic E-state index is 0.477. The molecule has 0 bridgehead atoms. The second-order valence-corrected chi connectivity index (χ2v) is 8.76. The summed E-state index contributed by atoms with van der Waals surface area (Å²) >= 11 is 0. The van der Waals surface area contributed by atoms with Gasteiger partial charge in [0, 0.05) is 0 Å². The van der Waals surface area contributed by atoms with E-state index >= 15 is 0 Å². The standard InChI is InChI=1S/C22H34O/c1-5-7-17-16(11-13-23)8-9-19-18(17)10-12-22(4)20(6-2)15(3)14-21(19)22/h6,11,13,15,17-21H,2,5,7-10,12,14H2,1,3-4H3/b16-11-/t15-,17?,18?,19?,20?,21?,22?/m1/s1. The first-order chi connectivity index (χ1) is 11.1. The Hall–Kier alpha value is -0.850. The van der Waals surface area contributed by atoms with Gasteiger partial charge >= 0.3 is 0 Å². The SMILES string of the molecule is C=CC1[C@H](C)CC2C3CC/C(=C/C=O)C(CCC)C3CCC21C. The van der Waals surface area contributed by atoms with Gasteiger partial charge in [-0.15, -0.1) is 6.58 Å². The molecule has 3 fully saturated rings. The molecule has 0 amide bonds. The van der Waals surface area contributed by atoms with E-state index in [4.69, 9.17) is 0 Å². The van der Waals surface area contributed by atoms with Crippen molar-refractivity contribution in [2.75, 3.05) is 0 Å². The minimum Gasteiger partial charge on any atom is -0.299 e. The third-order valence-corrected chi connectivity index (χ3v) is 7.83. The maximum atomic E-state index is 11.1. The number of fused-ring (bicyclic) bond motifs is 3. The van der Waals surface area contributed by atoms with Gasteiger partial charge in [-0.1, -0.05) is 38.8 Å². The predicted octanol–water partition coefficient (Wildman–Crippen LogP) is 5.81. The number of aldehydes is 1. The van der Waals surface area contributed by atoms with E-state index in [0.717, 1.165) is 36.4 Å². The largest absolute Gasteiger partial charge is 0.299 e. The Morgan fingerprint density at radius 2 is 2.09 bits per heavy atom. The van der Waals surface area contributed by atoms with E-state index in [1.165, 1.54) is 44.1 Å². The van der Waals surface area contributed by atoms with Crippen molar-refractivity contribution in [1.29, 1.82) is 0 Å². The maximum Gasteiger partial charge on any atom is 0.142 e. The highest BCUT2D eigenvalue weighted by Crippen LogP contribution is 2.64. The molecule has 3 rings (SSSR count). The molecule has 0 radical (unpaired) electrons. The fourth-order valence-corrected chi connectivity index (χ4v) is 6.93. The number of hydrogen-bond donors (Lipinski definition) is 0. The van der Waals surface area contributed by atoms with Crippen LogP contribution in [0.15, 0.2) is 24.3 Å². The Labute approximate surface area is 142 Å². The van der Waals surface area contributed by atoms with Crippen molar-refractivity contribution in [3.63, 3.8) is 0 Å². The molecular formula is C22H34O. The molecule has 3 saturated carbocycles. The summed E-state index contributed by atoms with van der Waals surface area (Å²) in [5, 5.41) is 0. The Morgan fingerprint density at radius 1 is 1.30 bits per heavy atom. The zero-order chi connectivity index (χ0) is 16.6.